The van der Waals surface area contributed by atoms with Crippen molar-refractivity contribution in [2.75, 3.05) is 6.54 Å². The standard InChI is InChI=1S/C8H13N/c1-7-5-8(9-6-7)3-2-4-8/h9H,1-6H2. The predicted octanol–water partition coefficient (Wildman–Crippen LogP) is 1.46. The lowest BCUT2D eigenvalue weighted by Gasteiger charge is -2.38. The molecule has 0 unspecified atom stereocenters. The monoisotopic (exact) mass is 123 g/mol. The van der Waals surface area contributed by atoms with E-state index in [1.165, 1.54) is 31.3 Å². The fourth-order valence-electron chi connectivity index (χ4n) is 1.87. The molecule has 0 atom stereocenters. The Morgan fingerprint density at radius 1 is 1.44 bits per heavy atom. The predicted molar refractivity (Wildman–Crippen MR) is 38.3 cm³/mol. The van der Waals surface area contributed by atoms with Crippen LogP contribution < -0.4 is 5.32 Å². The van der Waals surface area contributed by atoms with Crippen LogP contribution in [0.4, 0.5) is 0 Å². The summed E-state index contributed by atoms with van der Waals surface area (Å²) in [7, 11) is 0. The van der Waals surface area contributed by atoms with Crippen LogP contribution in [0.1, 0.15) is 25.7 Å². The lowest BCUT2D eigenvalue weighted by atomic mass is 9.75. The quantitative estimate of drug-likeness (QED) is 0.481. The third kappa shape index (κ3) is 0.715. The van der Waals surface area contributed by atoms with E-state index in [4.69, 9.17) is 0 Å². The van der Waals surface area contributed by atoms with Gasteiger partial charge in [-0.05, 0) is 25.7 Å². The Labute approximate surface area is 56.1 Å². The van der Waals surface area contributed by atoms with Crippen molar-refractivity contribution in [3.63, 3.8) is 0 Å². The van der Waals surface area contributed by atoms with Gasteiger partial charge < -0.3 is 5.32 Å². The van der Waals surface area contributed by atoms with Gasteiger partial charge in [0.2, 0.25) is 0 Å². The van der Waals surface area contributed by atoms with Gasteiger partial charge in [0.25, 0.3) is 0 Å². The van der Waals surface area contributed by atoms with E-state index in [1.807, 2.05) is 0 Å². The van der Waals surface area contributed by atoms with Crippen LogP contribution in [0.25, 0.3) is 0 Å². The van der Waals surface area contributed by atoms with E-state index in [0.29, 0.717) is 5.54 Å². The van der Waals surface area contributed by atoms with Gasteiger partial charge in [0.15, 0.2) is 0 Å². The van der Waals surface area contributed by atoms with E-state index in [9.17, 15) is 0 Å². The van der Waals surface area contributed by atoms with E-state index in [1.54, 1.807) is 0 Å². The molecular weight excluding hydrogens is 110 g/mol. The SMILES string of the molecule is C=C1CNC2(CCC2)C1. The maximum atomic E-state index is 3.97. The highest BCUT2D eigenvalue weighted by Crippen LogP contribution is 2.39. The van der Waals surface area contributed by atoms with Gasteiger partial charge in [-0.1, -0.05) is 12.2 Å². The molecule has 0 amide bonds. The molecule has 1 N–H and O–H groups in total. The highest BCUT2D eigenvalue weighted by atomic mass is 15.0. The highest BCUT2D eigenvalue weighted by Gasteiger charge is 2.40. The molecule has 0 aromatic heterocycles. The smallest absolute Gasteiger partial charge is 0.0222 e. The Bertz CT molecular complexity index is 145. The van der Waals surface area contributed by atoms with Crippen molar-refractivity contribution in [1.82, 2.24) is 5.32 Å². The number of hydrogen-bond donors (Lipinski definition) is 1. The van der Waals surface area contributed by atoms with Crippen molar-refractivity contribution >= 4 is 0 Å². The summed E-state index contributed by atoms with van der Waals surface area (Å²) >= 11 is 0. The summed E-state index contributed by atoms with van der Waals surface area (Å²) in [6, 6.07) is 0. The Balaban J connectivity index is 2.07. The third-order valence-corrected chi connectivity index (χ3v) is 2.61. The van der Waals surface area contributed by atoms with Crippen LogP contribution in [-0.4, -0.2) is 12.1 Å². The van der Waals surface area contributed by atoms with Crippen LogP contribution in [-0.2, 0) is 0 Å². The maximum absolute atomic E-state index is 3.97. The summed E-state index contributed by atoms with van der Waals surface area (Å²) in [5.74, 6) is 0. The van der Waals surface area contributed by atoms with Crippen molar-refractivity contribution in [2.45, 2.75) is 31.2 Å². The molecule has 2 fully saturated rings. The Morgan fingerprint density at radius 2 is 2.22 bits per heavy atom. The molecule has 0 aromatic carbocycles. The fourth-order valence-corrected chi connectivity index (χ4v) is 1.87. The van der Waals surface area contributed by atoms with Crippen molar-refractivity contribution < 1.29 is 0 Å². The first-order valence-corrected chi connectivity index (χ1v) is 3.72. The second-order valence-corrected chi connectivity index (χ2v) is 3.41. The summed E-state index contributed by atoms with van der Waals surface area (Å²) < 4.78 is 0. The zero-order valence-corrected chi connectivity index (χ0v) is 5.74. The van der Waals surface area contributed by atoms with Gasteiger partial charge in [-0.15, -0.1) is 0 Å². The van der Waals surface area contributed by atoms with Gasteiger partial charge in [0.05, 0.1) is 0 Å². The van der Waals surface area contributed by atoms with Gasteiger partial charge in [0.1, 0.15) is 0 Å². The summed E-state index contributed by atoms with van der Waals surface area (Å²) in [5.41, 5.74) is 1.94. The van der Waals surface area contributed by atoms with Gasteiger partial charge in [-0.3, -0.25) is 0 Å². The Morgan fingerprint density at radius 3 is 2.44 bits per heavy atom. The van der Waals surface area contributed by atoms with Crippen LogP contribution in [0, 0.1) is 0 Å². The molecule has 2 aliphatic rings. The minimum absolute atomic E-state index is 0.539. The van der Waals surface area contributed by atoms with Gasteiger partial charge >= 0.3 is 0 Å². The van der Waals surface area contributed by atoms with Gasteiger partial charge in [-0.25, -0.2) is 0 Å². The van der Waals surface area contributed by atoms with Crippen LogP contribution in [0.5, 0.6) is 0 Å². The molecule has 1 saturated carbocycles. The minimum atomic E-state index is 0.539. The molecule has 1 heterocycles. The number of hydrogen-bond acceptors (Lipinski definition) is 1. The van der Waals surface area contributed by atoms with Crippen molar-refractivity contribution in [3.05, 3.63) is 12.2 Å². The molecule has 50 valence electrons. The molecule has 1 nitrogen and oxygen atoms in total. The molecule has 0 aromatic rings. The van der Waals surface area contributed by atoms with Gasteiger partial charge in [-0.2, -0.15) is 0 Å². The molecule has 1 heteroatoms. The topological polar surface area (TPSA) is 12.0 Å². The van der Waals surface area contributed by atoms with Crippen molar-refractivity contribution in [1.29, 1.82) is 0 Å². The average Bonchev–Trinajstić information content (AvgIpc) is 2.09. The summed E-state index contributed by atoms with van der Waals surface area (Å²) in [6.07, 6.45) is 5.42. The summed E-state index contributed by atoms with van der Waals surface area (Å²) in [6.45, 7) is 5.04. The molecule has 9 heavy (non-hydrogen) atoms. The zero-order chi connectivity index (χ0) is 6.32. The lowest BCUT2D eigenvalue weighted by molar-refractivity contribution is 0.220. The maximum Gasteiger partial charge on any atom is 0.0222 e. The Hall–Kier alpha value is -0.300. The van der Waals surface area contributed by atoms with Crippen LogP contribution in [0.15, 0.2) is 12.2 Å². The van der Waals surface area contributed by atoms with E-state index in [0.717, 1.165) is 6.54 Å². The molecule has 1 spiro atoms. The summed E-state index contributed by atoms with van der Waals surface area (Å²) in [5, 5.41) is 3.52. The van der Waals surface area contributed by atoms with E-state index in [-0.39, 0.29) is 0 Å². The average molecular weight is 123 g/mol. The molecule has 0 bridgehead atoms. The third-order valence-electron chi connectivity index (χ3n) is 2.61. The van der Waals surface area contributed by atoms with Crippen LogP contribution in [0.2, 0.25) is 0 Å². The molecule has 1 aliphatic carbocycles. The largest absolute Gasteiger partial charge is 0.307 e. The summed E-state index contributed by atoms with van der Waals surface area (Å²) in [4.78, 5) is 0. The molecule has 0 radical (unpaired) electrons. The van der Waals surface area contributed by atoms with E-state index >= 15 is 0 Å². The van der Waals surface area contributed by atoms with Crippen molar-refractivity contribution in [2.24, 2.45) is 0 Å². The zero-order valence-electron chi connectivity index (χ0n) is 5.74. The number of rotatable bonds is 0. The van der Waals surface area contributed by atoms with Crippen LogP contribution in [0.3, 0.4) is 0 Å². The molecule has 2 rings (SSSR count). The normalized spacial score (nSPS) is 30.9. The number of nitrogens with one attached hydrogen (secondary N) is 1. The minimum Gasteiger partial charge on any atom is -0.307 e. The molecule has 1 saturated heterocycles. The molecule has 1 aliphatic heterocycles. The second kappa shape index (κ2) is 1.60. The van der Waals surface area contributed by atoms with Crippen LogP contribution >= 0.6 is 0 Å². The first-order chi connectivity index (χ1) is 4.31. The first kappa shape index (κ1) is 5.48. The van der Waals surface area contributed by atoms with E-state index < -0.39 is 0 Å². The second-order valence-electron chi connectivity index (χ2n) is 3.41. The van der Waals surface area contributed by atoms with Crippen molar-refractivity contribution in [3.8, 4) is 0 Å². The molecular formula is C8H13N. The Kier molecular flexibility index (Phi) is 0.974. The lowest BCUT2D eigenvalue weighted by Crippen LogP contribution is -2.45. The highest BCUT2D eigenvalue weighted by molar-refractivity contribution is 5.16. The fraction of sp³-hybridized carbons (Fsp3) is 0.750. The first-order valence-electron chi connectivity index (χ1n) is 3.72. The van der Waals surface area contributed by atoms with E-state index in [2.05, 4.69) is 11.9 Å². The van der Waals surface area contributed by atoms with Gasteiger partial charge in [0, 0.05) is 12.1 Å².